The zero-order valence-corrected chi connectivity index (χ0v) is 12.6. The predicted octanol–water partition coefficient (Wildman–Crippen LogP) is 0.892. The van der Waals surface area contributed by atoms with Crippen molar-refractivity contribution in [1.29, 1.82) is 0 Å². The van der Waals surface area contributed by atoms with Gasteiger partial charge in [-0.3, -0.25) is 14.5 Å². The molecule has 1 aliphatic rings. The number of amides is 2. The van der Waals surface area contributed by atoms with E-state index in [0.29, 0.717) is 6.54 Å². The van der Waals surface area contributed by atoms with E-state index in [-0.39, 0.29) is 29.8 Å². The lowest BCUT2D eigenvalue weighted by molar-refractivity contribution is -0.129. The van der Waals surface area contributed by atoms with Crippen LogP contribution in [0.2, 0.25) is 0 Å². The molecule has 0 radical (unpaired) electrons. The van der Waals surface area contributed by atoms with Gasteiger partial charge in [0.2, 0.25) is 11.8 Å². The van der Waals surface area contributed by atoms with Gasteiger partial charge in [0.1, 0.15) is 6.42 Å². The molecule has 0 aromatic carbocycles. The third kappa shape index (κ3) is 5.59. The molecule has 5 heteroatoms. The van der Waals surface area contributed by atoms with Crippen LogP contribution in [0, 0.1) is 0 Å². The molecular weight excluding hydrogens is 242 g/mol. The van der Waals surface area contributed by atoms with Gasteiger partial charge in [0.15, 0.2) is 0 Å². The van der Waals surface area contributed by atoms with Crippen molar-refractivity contribution < 1.29 is 9.59 Å². The Bertz CT molecular complexity index is 315. The van der Waals surface area contributed by atoms with Crippen molar-refractivity contribution in [3.05, 3.63) is 0 Å². The van der Waals surface area contributed by atoms with E-state index in [4.69, 9.17) is 0 Å². The Morgan fingerprint density at radius 3 is 2.21 bits per heavy atom. The van der Waals surface area contributed by atoms with E-state index in [2.05, 4.69) is 36.3 Å². The van der Waals surface area contributed by atoms with E-state index < -0.39 is 0 Å². The van der Waals surface area contributed by atoms with Crippen LogP contribution in [0.1, 0.15) is 47.0 Å². The number of likely N-dealkylation sites (tertiary alicyclic amines) is 1. The molecule has 0 unspecified atom stereocenters. The monoisotopic (exact) mass is 269 g/mol. The van der Waals surface area contributed by atoms with Gasteiger partial charge >= 0.3 is 0 Å². The summed E-state index contributed by atoms with van der Waals surface area (Å²) in [6, 6.07) is 0.209. The van der Waals surface area contributed by atoms with Gasteiger partial charge in [-0.05, 0) is 40.5 Å². The van der Waals surface area contributed by atoms with Crippen LogP contribution >= 0.6 is 0 Å². The second kappa shape index (κ2) is 6.89. The SMILES string of the molecule is CCNC(=O)CC(=O)NC1CCN(C(C)(C)C)CC1. The molecule has 19 heavy (non-hydrogen) atoms. The summed E-state index contributed by atoms with van der Waals surface area (Å²) >= 11 is 0. The van der Waals surface area contributed by atoms with Crippen molar-refractivity contribution in [2.45, 2.75) is 58.5 Å². The lowest BCUT2D eigenvalue weighted by atomic mass is 9.98. The molecule has 0 aromatic rings. The second-order valence-electron chi connectivity index (χ2n) is 6.13. The quantitative estimate of drug-likeness (QED) is 0.745. The maximum absolute atomic E-state index is 11.7. The molecule has 5 nitrogen and oxygen atoms in total. The highest BCUT2D eigenvalue weighted by atomic mass is 16.2. The Morgan fingerprint density at radius 2 is 1.74 bits per heavy atom. The Kier molecular flexibility index (Phi) is 5.79. The molecule has 0 aliphatic carbocycles. The molecule has 0 saturated carbocycles. The minimum atomic E-state index is -0.202. The predicted molar refractivity (Wildman–Crippen MR) is 75.8 cm³/mol. The summed E-state index contributed by atoms with van der Waals surface area (Å²) < 4.78 is 0. The standard InChI is InChI=1S/C14H27N3O2/c1-5-15-12(18)10-13(19)16-11-6-8-17(9-7-11)14(2,3)4/h11H,5-10H2,1-4H3,(H,15,18)(H,16,19). The van der Waals surface area contributed by atoms with Crippen LogP contribution in [0.15, 0.2) is 0 Å². The average molecular weight is 269 g/mol. The summed E-state index contributed by atoms with van der Waals surface area (Å²) in [6.07, 6.45) is 1.85. The van der Waals surface area contributed by atoms with Crippen molar-refractivity contribution in [3.63, 3.8) is 0 Å². The largest absolute Gasteiger partial charge is 0.356 e. The van der Waals surface area contributed by atoms with Crippen molar-refractivity contribution in [2.24, 2.45) is 0 Å². The summed E-state index contributed by atoms with van der Waals surface area (Å²) in [5.74, 6) is -0.368. The van der Waals surface area contributed by atoms with Gasteiger partial charge in [-0.25, -0.2) is 0 Å². The number of nitrogens with one attached hydrogen (secondary N) is 2. The van der Waals surface area contributed by atoms with Gasteiger partial charge < -0.3 is 10.6 Å². The molecule has 0 atom stereocenters. The lowest BCUT2D eigenvalue weighted by Gasteiger charge is -2.41. The molecular formula is C14H27N3O2. The Balaban J connectivity index is 2.29. The van der Waals surface area contributed by atoms with E-state index in [1.165, 1.54) is 0 Å². The van der Waals surface area contributed by atoms with E-state index in [9.17, 15) is 9.59 Å². The van der Waals surface area contributed by atoms with E-state index in [1.807, 2.05) is 6.92 Å². The Labute approximate surface area is 116 Å². The summed E-state index contributed by atoms with van der Waals surface area (Å²) in [6.45, 7) is 11.0. The summed E-state index contributed by atoms with van der Waals surface area (Å²) in [5.41, 5.74) is 0.190. The molecule has 2 amide bonds. The lowest BCUT2D eigenvalue weighted by Crippen LogP contribution is -2.51. The molecule has 1 aliphatic heterocycles. The van der Waals surface area contributed by atoms with E-state index in [0.717, 1.165) is 25.9 Å². The fourth-order valence-electron chi connectivity index (χ4n) is 2.38. The van der Waals surface area contributed by atoms with Crippen molar-refractivity contribution in [1.82, 2.24) is 15.5 Å². The van der Waals surface area contributed by atoms with Crippen LogP contribution in [0.3, 0.4) is 0 Å². The molecule has 110 valence electrons. The molecule has 0 bridgehead atoms. The van der Waals surface area contributed by atoms with Crippen LogP contribution in [0.4, 0.5) is 0 Å². The minimum Gasteiger partial charge on any atom is -0.356 e. The first-order valence-corrected chi connectivity index (χ1v) is 7.14. The molecule has 1 heterocycles. The fourth-order valence-corrected chi connectivity index (χ4v) is 2.38. The van der Waals surface area contributed by atoms with Crippen LogP contribution in [0.5, 0.6) is 0 Å². The van der Waals surface area contributed by atoms with Gasteiger partial charge in [-0.2, -0.15) is 0 Å². The smallest absolute Gasteiger partial charge is 0.229 e. The number of piperidine rings is 1. The van der Waals surface area contributed by atoms with Gasteiger partial charge in [0.25, 0.3) is 0 Å². The first kappa shape index (κ1) is 16.0. The highest BCUT2D eigenvalue weighted by molar-refractivity contribution is 5.96. The zero-order chi connectivity index (χ0) is 14.5. The van der Waals surface area contributed by atoms with Crippen molar-refractivity contribution in [3.8, 4) is 0 Å². The average Bonchev–Trinajstić information content (AvgIpc) is 2.28. The number of carbonyl (C=O) groups excluding carboxylic acids is 2. The third-order valence-electron chi connectivity index (χ3n) is 3.50. The van der Waals surface area contributed by atoms with Gasteiger partial charge in [-0.15, -0.1) is 0 Å². The maximum atomic E-state index is 11.7. The van der Waals surface area contributed by atoms with Gasteiger partial charge in [0.05, 0.1) is 0 Å². The summed E-state index contributed by atoms with van der Waals surface area (Å²) in [7, 11) is 0. The zero-order valence-electron chi connectivity index (χ0n) is 12.6. The third-order valence-corrected chi connectivity index (χ3v) is 3.50. The number of nitrogens with zero attached hydrogens (tertiary/aromatic N) is 1. The Morgan fingerprint density at radius 1 is 1.16 bits per heavy atom. The van der Waals surface area contributed by atoms with E-state index >= 15 is 0 Å². The Hall–Kier alpha value is -1.10. The minimum absolute atomic E-state index is 0.0622. The molecule has 0 spiro atoms. The first-order valence-electron chi connectivity index (χ1n) is 7.14. The fraction of sp³-hybridized carbons (Fsp3) is 0.857. The van der Waals surface area contributed by atoms with Crippen LogP contribution < -0.4 is 10.6 Å². The molecule has 2 N–H and O–H groups in total. The summed E-state index contributed by atoms with van der Waals surface area (Å²) in [4.78, 5) is 25.4. The number of hydrogen-bond acceptors (Lipinski definition) is 3. The second-order valence-corrected chi connectivity index (χ2v) is 6.13. The molecule has 0 aromatic heterocycles. The molecule has 1 saturated heterocycles. The summed E-state index contributed by atoms with van der Waals surface area (Å²) in [5, 5.41) is 5.59. The normalized spacial score (nSPS) is 18.1. The van der Waals surface area contributed by atoms with Crippen LogP contribution in [0.25, 0.3) is 0 Å². The number of rotatable bonds is 4. The van der Waals surface area contributed by atoms with Crippen LogP contribution in [-0.4, -0.2) is 47.9 Å². The van der Waals surface area contributed by atoms with Gasteiger partial charge in [0, 0.05) is 31.2 Å². The van der Waals surface area contributed by atoms with Crippen molar-refractivity contribution in [2.75, 3.05) is 19.6 Å². The number of hydrogen-bond donors (Lipinski definition) is 2. The molecule has 1 rings (SSSR count). The maximum Gasteiger partial charge on any atom is 0.229 e. The first-order chi connectivity index (χ1) is 8.82. The van der Waals surface area contributed by atoms with Crippen LogP contribution in [-0.2, 0) is 9.59 Å². The highest BCUT2D eigenvalue weighted by Gasteiger charge is 2.27. The highest BCUT2D eigenvalue weighted by Crippen LogP contribution is 2.19. The van der Waals surface area contributed by atoms with Gasteiger partial charge in [-0.1, -0.05) is 0 Å². The van der Waals surface area contributed by atoms with E-state index in [1.54, 1.807) is 0 Å². The number of carbonyl (C=O) groups is 2. The molecule has 1 fully saturated rings. The van der Waals surface area contributed by atoms with Crippen molar-refractivity contribution >= 4 is 11.8 Å². The topological polar surface area (TPSA) is 61.4 Å².